The van der Waals surface area contributed by atoms with E-state index in [9.17, 15) is 4.79 Å². The number of nitrogens with one attached hydrogen (secondary N) is 2. The summed E-state index contributed by atoms with van der Waals surface area (Å²) in [7, 11) is 1.61. The maximum absolute atomic E-state index is 11.2. The van der Waals surface area contributed by atoms with Crippen LogP contribution in [0.3, 0.4) is 0 Å². The Kier molecular flexibility index (Phi) is 6.54. The summed E-state index contributed by atoms with van der Waals surface area (Å²) in [5.41, 5.74) is 0.914. The van der Waals surface area contributed by atoms with E-state index in [1.54, 1.807) is 7.11 Å². The van der Waals surface area contributed by atoms with E-state index in [2.05, 4.69) is 10.6 Å². The zero-order chi connectivity index (χ0) is 13.4. The fraction of sp³-hybridized carbons (Fsp3) is 0.462. The zero-order valence-electron chi connectivity index (χ0n) is 10.8. The van der Waals surface area contributed by atoms with Crippen LogP contribution in [-0.2, 0) is 11.3 Å². The minimum atomic E-state index is 0.0520. The lowest BCUT2D eigenvalue weighted by atomic mass is 10.2. The van der Waals surface area contributed by atoms with Crippen molar-refractivity contribution in [2.24, 2.45) is 0 Å². The summed E-state index contributed by atoms with van der Waals surface area (Å²) in [6, 6.07) is 5.54. The molecule has 0 heterocycles. The highest BCUT2D eigenvalue weighted by Crippen LogP contribution is 2.25. The minimum Gasteiger partial charge on any atom is -0.496 e. The molecule has 1 aromatic rings. The average Bonchev–Trinajstić information content (AvgIpc) is 2.36. The molecule has 0 bridgehead atoms. The summed E-state index contributed by atoms with van der Waals surface area (Å²) in [6.45, 7) is 3.76. The van der Waals surface area contributed by atoms with Crippen LogP contribution in [0.5, 0.6) is 5.75 Å². The van der Waals surface area contributed by atoms with Crippen molar-refractivity contribution in [2.45, 2.75) is 19.9 Å². The second-order valence-corrected chi connectivity index (χ2v) is 4.21. The predicted octanol–water partition coefficient (Wildman–Crippen LogP) is 1.96. The number of amides is 1. The van der Waals surface area contributed by atoms with Gasteiger partial charge in [-0.15, -0.1) is 0 Å². The van der Waals surface area contributed by atoms with Crippen molar-refractivity contribution in [3.8, 4) is 5.75 Å². The van der Waals surface area contributed by atoms with Gasteiger partial charge in [0.05, 0.1) is 7.11 Å². The third kappa shape index (κ3) is 4.55. The lowest BCUT2D eigenvalue weighted by Crippen LogP contribution is -2.27. The first kappa shape index (κ1) is 14.8. The van der Waals surface area contributed by atoms with Crippen LogP contribution < -0.4 is 15.4 Å². The molecule has 0 unspecified atom stereocenters. The van der Waals surface area contributed by atoms with Crippen molar-refractivity contribution in [1.82, 2.24) is 10.6 Å². The molecule has 1 rings (SSSR count). The van der Waals surface area contributed by atoms with E-state index < -0.39 is 0 Å². The monoisotopic (exact) mass is 270 g/mol. The van der Waals surface area contributed by atoms with Gasteiger partial charge in [-0.05, 0) is 19.1 Å². The molecule has 18 heavy (non-hydrogen) atoms. The van der Waals surface area contributed by atoms with Crippen molar-refractivity contribution >= 4 is 17.5 Å². The highest BCUT2D eigenvalue weighted by atomic mass is 35.5. The Hall–Kier alpha value is -1.26. The van der Waals surface area contributed by atoms with Crippen molar-refractivity contribution < 1.29 is 9.53 Å². The van der Waals surface area contributed by atoms with Gasteiger partial charge in [-0.25, -0.2) is 0 Å². The molecule has 2 N–H and O–H groups in total. The van der Waals surface area contributed by atoms with Crippen LogP contribution in [-0.4, -0.2) is 26.1 Å². The molecule has 0 aromatic heterocycles. The maximum atomic E-state index is 11.2. The van der Waals surface area contributed by atoms with Gasteiger partial charge in [0, 0.05) is 36.6 Å². The third-order valence-corrected chi connectivity index (χ3v) is 2.85. The van der Waals surface area contributed by atoms with E-state index in [1.807, 2.05) is 25.1 Å². The van der Waals surface area contributed by atoms with Crippen LogP contribution in [0, 0.1) is 0 Å². The molecule has 0 fully saturated rings. The Bertz CT molecular complexity index is 397. The summed E-state index contributed by atoms with van der Waals surface area (Å²) >= 11 is 6.10. The first-order chi connectivity index (χ1) is 8.69. The van der Waals surface area contributed by atoms with E-state index in [-0.39, 0.29) is 5.91 Å². The van der Waals surface area contributed by atoms with Crippen LogP contribution in [0.1, 0.15) is 18.9 Å². The first-order valence-corrected chi connectivity index (χ1v) is 6.35. The van der Waals surface area contributed by atoms with Gasteiger partial charge < -0.3 is 15.4 Å². The molecule has 100 valence electrons. The predicted molar refractivity (Wildman–Crippen MR) is 73.0 cm³/mol. The van der Waals surface area contributed by atoms with Crippen molar-refractivity contribution in [2.75, 3.05) is 20.2 Å². The van der Waals surface area contributed by atoms with Crippen molar-refractivity contribution in [3.05, 3.63) is 28.8 Å². The number of halogens is 1. The molecular weight excluding hydrogens is 252 g/mol. The van der Waals surface area contributed by atoms with E-state index in [4.69, 9.17) is 16.3 Å². The Morgan fingerprint density at radius 1 is 1.44 bits per heavy atom. The van der Waals surface area contributed by atoms with Gasteiger partial charge >= 0.3 is 0 Å². The first-order valence-electron chi connectivity index (χ1n) is 5.97. The quantitative estimate of drug-likeness (QED) is 0.745. The molecule has 0 aliphatic heterocycles. The number of rotatable bonds is 7. The minimum absolute atomic E-state index is 0.0520. The fourth-order valence-corrected chi connectivity index (χ4v) is 1.84. The zero-order valence-corrected chi connectivity index (χ0v) is 11.5. The number of methoxy groups -OCH3 is 1. The van der Waals surface area contributed by atoms with Crippen molar-refractivity contribution in [1.29, 1.82) is 0 Å². The van der Waals surface area contributed by atoms with Gasteiger partial charge in [-0.1, -0.05) is 17.7 Å². The van der Waals surface area contributed by atoms with Crippen LogP contribution >= 0.6 is 11.6 Å². The highest BCUT2D eigenvalue weighted by Gasteiger charge is 2.07. The molecule has 1 aromatic carbocycles. The maximum Gasteiger partial charge on any atom is 0.221 e. The molecule has 0 atom stereocenters. The molecule has 4 nitrogen and oxygen atoms in total. The number of hydrogen-bond donors (Lipinski definition) is 2. The second-order valence-electron chi connectivity index (χ2n) is 3.80. The molecule has 0 aliphatic rings. The van der Waals surface area contributed by atoms with E-state index in [0.29, 0.717) is 31.1 Å². The smallest absolute Gasteiger partial charge is 0.221 e. The van der Waals surface area contributed by atoms with Gasteiger partial charge in [-0.2, -0.15) is 0 Å². The number of carbonyl (C=O) groups excluding carboxylic acids is 1. The Morgan fingerprint density at radius 3 is 2.89 bits per heavy atom. The van der Waals surface area contributed by atoms with Gasteiger partial charge in [0.15, 0.2) is 0 Å². The molecule has 5 heteroatoms. The average molecular weight is 271 g/mol. The molecule has 0 saturated heterocycles. The lowest BCUT2D eigenvalue weighted by Gasteiger charge is -2.11. The fourth-order valence-electron chi connectivity index (χ4n) is 1.60. The molecule has 0 aliphatic carbocycles. The molecule has 0 radical (unpaired) electrons. The molecule has 0 spiro atoms. The Labute approximate surface area is 113 Å². The molecule has 0 saturated carbocycles. The van der Waals surface area contributed by atoms with Crippen LogP contribution in [0.25, 0.3) is 0 Å². The number of ether oxygens (including phenoxy) is 1. The largest absolute Gasteiger partial charge is 0.496 e. The second kappa shape index (κ2) is 7.95. The van der Waals surface area contributed by atoms with Gasteiger partial charge in [-0.3, -0.25) is 4.79 Å². The van der Waals surface area contributed by atoms with Crippen LogP contribution in [0.15, 0.2) is 18.2 Å². The summed E-state index contributed by atoms with van der Waals surface area (Å²) in [4.78, 5) is 11.2. The summed E-state index contributed by atoms with van der Waals surface area (Å²) in [6.07, 6.45) is 0.459. The van der Waals surface area contributed by atoms with Crippen LogP contribution in [0.4, 0.5) is 0 Å². The Morgan fingerprint density at radius 2 is 2.22 bits per heavy atom. The van der Waals surface area contributed by atoms with Crippen LogP contribution in [0.2, 0.25) is 5.02 Å². The number of carbonyl (C=O) groups is 1. The van der Waals surface area contributed by atoms with Gasteiger partial charge in [0.25, 0.3) is 0 Å². The third-order valence-electron chi connectivity index (χ3n) is 2.50. The standard InChI is InChI=1S/C13H19ClN2O2/c1-3-16-13(17)7-8-15-9-10-11(14)5-4-6-12(10)18-2/h4-6,15H,3,7-9H2,1-2H3,(H,16,17). The normalized spacial score (nSPS) is 10.2. The lowest BCUT2D eigenvalue weighted by molar-refractivity contribution is -0.120. The van der Waals surface area contributed by atoms with Crippen molar-refractivity contribution in [3.63, 3.8) is 0 Å². The summed E-state index contributed by atoms with van der Waals surface area (Å²) < 4.78 is 5.24. The number of benzene rings is 1. The van der Waals surface area contributed by atoms with E-state index in [0.717, 1.165) is 11.3 Å². The number of hydrogen-bond acceptors (Lipinski definition) is 3. The Balaban J connectivity index is 2.42. The van der Waals surface area contributed by atoms with Gasteiger partial charge in [0.2, 0.25) is 5.91 Å². The van der Waals surface area contributed by atoms with E-state index >= 15 is 0 Å². The van der Waals surface area contributed by atoms with Gasteiger partial charge in [0.1, 0.15) is 5.75 Å². The molecule has 1 amide bonds. The molecular formula is C13H19ClN2O2. The van der Waals surface area contributed by atoms with E-state index in [1.165, 1.54) is 0 Å². The topological polar surface area (TPSA) is 50.4 Å². The highest BCUT2D eigenvalue weighted by molar-refractivity contribution is 6.31. The summed E-state index contributed by atoms with van der Waals surface area (Å²) in [5, 5.41) is 6.60. The summed E-state index contributed by atoms with van der Waals surface area (Å²) in [5.74, 6) is 0.809. The SMILES string of the molecule is CCNC(=O)CCNCc1c(Cl)cccc1OC.